The van der Waals surface area contributed by atoms with Gasteiger partial charge in [0.25, 0.3) is 10.0 Å². The molecule has 1 heterocycles. The second-order valence-corrected chi connectivity index (χ2v) is 6.18. The number of rotatable bonds is 4. The molecule has 0 spiro atoms. The maximum atomic E-state index is 12.6. The first-order valence-electron chi connectivity index (χ1n) is 5.93. The number of para-hydroxylation sites is 1. The fourth-order valence-corrected chi connectivity index (χ4v) is 3.22. The maximum absolute atomic E-state index is 12.6. The fourth-order valence-electron chi connectivity index (χ4n) is 1.90. The van der Waals surface area contributed by atoms with Crippen LogP contribution in [-0.2, 0) is 17.1 Å². The topological polar surface area (TPSA) is 114 Å². The summed E-state index contributed by atoms with van der Waals surface area (Å²) in [5.74, 6) is -0.169. The van der Waals surface area contributed by atoms with Gasteiger partial charge >= 0.3 is 0 Å². The number of oxime groups is 1. The summed E-state index contributed by atoms with van der Waals surface area (Å²) in [5, 5.41) is 15.6. The molecular formula is C12H15N5O3S. The highest BCUT2D eigenvalue weighted by molar-refractivity contribution is 7.92. The highest BCUT2D eigenvalue weighted by atomic mass is 32.2. The van der Waals surface area contributed by atoms with Crippen LogP contribution in [0.4, 0.5) is 5.69 Å². The van der Waals surface area contributed by atoms with Crippen LogP contribution in [0.1, 0.15) is 5.56 Å². The van der Waals surface area contributed by atoms with Gasteiger partial charge in [0.15, 0.2) is 10.9 Å². The van der Waals surface area contributed by atoms with Gasteiger partial charge in [-0.3, -0.25) is 8.99 Å². The third kappa shape index (κ3) is 2.55. The second-order valence-electron chi connectivity index (χ2n) is 4.27. The molecule has 21 heavy (non-hydrogen) atoms. The molecular weight excluding hydrogens is 294 g/mol. The van der Waals surface area contributed by atoms with Gasteiger partial charge in [-0.1, -0.05) is 17.3 Å². The SMILES string of the molecule is CN(c1ccccc1/C(N)=N/O)S(=O)(=O)c1ccnn1C. The molecule has 1 aromatic heterocycles. The van der Waals surface area contributed by atoms with E-state index in [0.29, 0.717) is 11.3 Å². The molecule has 0 aliphatic rings. The molecule has 8 nitrogen and oxygen atoms in total. The third-order valence-corrected chi connectivity index (χ3v) is 4.87. The second kappa shape index (κ2) is 5.44. The molecule has 9 heteroatoms. The number of nitrogens with zero attached hydrogens (tertiary/aromatic N) is 4. The van der Waals surface area contributed by atoms with Crippen LogP contribution in [0.15, 0.2) is 46.7 Å². The van der Waals surface area contributed by atoms with Crippen LogP contribution in [0.5, 0.6) is 0 Å². The minimum atomic E-state index is -3.80. The Kier molecular flexibility index (Phi) is 3.85. The molecule has 0 fully saturated rings. The molecule has 3 N–H and O–H groups in total. The zero-order chi connectivity index (χ0) is 15.6. The van der Waals surface area contributed by atoms with Crippen molar-refractivity contribution in [2.45, 2.75) is 5.03 Å². The van der Waals surface area contributed by atoms with Crippen LogP contribution in [0.3, 0.4) is 0 Å². The predicted octanol–water partition coefficient (Wildman–Crippen LogP) is 0.340. The van der Waals surface area contributed by atoms with Crippen LogP contribution in [0.25, 0.3) is 0 Å². The van der Waals surface area contributed by atoms with E-state index in [-0.39, 0.29) is 10.9 Å². The zero-order valence-corrected chi connectivity index (χ0v) is 12.3. The monoisotopic (exact) mass is 309 g/mol. The van der Waals surface area contributed by atoms with Crippen molar-refractivity contribution < 1.29 is 13.6 Å². The van der Waals surface area contributed by atoms with Crippen LogP contribution < -0.4 is 10.0 Å². The maximum Gasteiger partial charge on any atom is 0.281 e. The molecule has 0 saturated heterocycles. The molecule has 0 saturated carbocycles. The van der Waals surface area contributed by atoms with Gasteiger partial charge in [0.1, 0.15) is 0 Å². The Hall–Kier alpha value is -2.55. The minimum absolute atomic E-state index is 0.0410. The Bertz CT molecular complexity index is 782. The first-order valence-corrected chi connectivity index (χ1v) is 7.37. The van der Waals surface area contributed by atoms with Crippen LogP contribution in [0, 0.1) is 0 Å². The van der Waals surface area contributed by atoms with Gasteiger partial charge in [-0.2, -0.15) is 13.5 Å². The Morgan fingerprint density at radius 1 is 1.38 bits per heavy atom. The highest BCUT2D eigenvalue weighted by Gasteiger charge is 2.26. The average molecular weight is 309 g/mol. The molecule has 0 unspecified atom stereocenters. The summed E-state index contributed by atoms with van der Waals surface area (Å²) in [6, 6.07) is 7.87. The van der Waals surface area contributed by atoms with E-state index >= 15 is 0 Å². The van der Waals surface area contributed by atoms with E-state index in [2.05, 4.69) is 10.3 Å². The van der Waals surface area contributed by atoms with E-state index in [1.807, 2.05) is 0 Å². The smallest absolute Gasteiger partial charge is 0.281 e. The number of anilines is 1. The first kappa shape index (κ1) is 14.9. The van der Waals surface area contributed by atoms with Gasteiger partial charge in [-0.05, 0) is 18.2 Å². The molecule has 0 atom stereocenters. The van der Waals surface area contributed by atoms with Crippen LogP contribution >= 0.6 is 0 Å². The normalized spacial score (nSPS) is 12.4. The zero-order valence-electron chi connectivity index (χ0n) is 11.5. The minimum Gasteiger partial charge on any atom is -0.409 e. The lowest BCUT2D eigenvalue weighted by Gasteiger charge is -2.21. The molecule has 0 amide bonds. The molecule has 0 bridgehead atoms. The summed E-state index contributed by atoms with van der Waals surface area (Å²) in [6.45, 7) is 0. The molecule has 2 aromatic rings. The lowest BCUT2D eigenvalue weighted by molar-refractivity contribution is 0.318. The number of aryl methyl sites for hydroxylation is 1. The van der Waals surface area contributed by atoms with Gasteiger partial charge in [0, 0.05) is 19.7 Å². The number of hydrogen-bond acceptors (Lipinski definition) is 5. The van der Waals surface area contributed by atoms with Crippen molar-refractivity contribution in [3.8, 4) is 0 Å². The van der Waals surface area contributed by atoms with Crippen molar-refractivity contribution in [3.63, 3.8) is 0 Å². The summed E-state index contributed by atoms with van der Waals surface area (Å²) in [4.78, 5) is 0. The van der Waals surface area contributed by atoms with Gasteiger partial charge < -0.3 is 10.9 Å². The van der Waals surface area contributed by atoms with E-state index in [4.69, 9.17) is 10.9 Å². The fraction of sp³-hybridized carbons (Fsp3) is 0.167. The van der Waals surface area contributed by atoms with E-state index in [0.717, 1.165) is 4.31 Å². The summed E-state index contributed by atoms with van der Waals surface area (Å²) in [6.07, 6.45) is 1.40. The quantitative estimate of drug-likeness (QED) is 0.366. The Morgan fingerprint density at radius 2 is 2.05 bits per heavy atom. The summed E-state index contributed by atoms with van der Waals surface area (Å²) in [7, 11) is -0.869. The third-order valence-electron chi connectivity index (χ3n) is 3.03. The molecule has 1 aromatic carbocycles. The standard InChI is InChI=1S/C12H15N5O3S/c1-16-11(7-8-14-16)21(19,20)17(2)10-6-4-3-5-9(10)12(13)15-18/h3-8,18H,1-2H3,(H2,13,15). The number of benzene rings is 1. The molecule has 0 aliphatic carbocycles. The van der Waals surface area contributed by atoms with Gasteiger partial charge in [-0.15, -0.1) is 0 Å². The van der Waals surface area contributed by atoms with E-state index in [1.165, 1.54) is 31.0 Å². The Morgan fingerprint density at radius 3 is 2.62 bits per heavy atom. The first-order chi connectivity index (χ1) is 9.89. The Labute approximate surface area is 122 Å². The summed E-state index contributed by atoms with van der Waals surface area (Å²) < 4.78 is 27.5. The largest absolute Gasteiger partial charge is 0.409 e. The van der Waals surface area contributed by atoms with Crippen molar-refractivity contribution in [3.05, 3.63) is 42.1 Å². The van der Waals surface area contributed by atoms with Gasteiger partial charge in [-0.25, -0.2) is 0 Å². The van der Waals surface area contributed by atoms with Gasteiger partial charge in [0.2, 0.25) is 0 Å². The van der Waals surface area contributed by atoms with Crippen molar-refractivity contribution in [1.29, 1.82) is 0 Å². The van der Waals surface area contributed by atoms with Crippen molar-refractivity contribution in [2.75, 3.05) is 11.4 Å². The van der Waals surface area contributed by atoms with Crippen molar-refractivity contribution in [2.24, 2.45) is 17.9 Å². The van der Waals surface area contributed by atoms with Crippen molar-refractivity contribution >= 4 is 21.5 Å². The number of aromatic nitrogens is 2. The van der Waals surface area contributed by atoms with E-state index in [1.54, 1.807) is 24.3 Å². The lowest BCUT2D eigenvalue weighted by Crippen LogP contribution is -2.30. The number of sulfonamides is 1. The highest BCUT2D eigenvalue weighted by Crippen LogP contribution is 2.25. The summed E-state index contributed by atoms with van der Waals surface area (Å²) >= 11 is 0. The number of nitrogens with two attached hydrogens (primary N) is 1. The number of hydrogen-bond donors (Lipinski definition) is 2. The van der Waals surface area contributed by atoms with Crippen LogP contribution in [-0.4, -0.2) is 36.3 Å². The van der Waals surface area contributed by atoms with E-state index < -0.39 is 10.0 Å². The van der Waals surface area contributed by atoms with Crippen LogP contribution in [0.2, 0.25) is 0 Å². The summed E-state index contributed by atoms with van der Waals surface area (Å²) in [5.41, 5.74) is 6.20. The average Bonchev–Trinajstić information content (AvgIpc) is 2.92. The van der Waals surface area contributed by atoms with Crippen molar-refractivity contribution in [1.82, 2.24) is 9.78 Å². The van der Waals surface area contributed by atoms with E-state index in [9.17, 15) is 8.42 Å². The van der Waals surface area contributed by atoms with Gasteiger partial charge in [0.05, 0.1) is 11.9 Å². The molecule has 0 aliphatic heterocycles. The predicted molar refractivity (Wildman–Crippen MR) is 77.7 cm³/mol. The molecule has 0 radical (unpaired) electrons. The molecule has 112 valence electrons. The Balaban J connectivity index is 2.56. The number of amidine groups is 1. The molecule has 2 rings (SSSR count). The lowest BCUT2D eigenvalue weighted by atomic mass is 10.1.